The molecule has 4 rings (SSSR count). The van der Waals surface area contributed by atoms with Crippen LogP contribution in [-0.4, -0.2) is 36.0 Å². The zero-order valence-electron chi connectivity index (χ0n) is 18.4. The summed E-state index contributed by atoms with van der Waals surface area (Å²) in [6, 6.07) is 16.6. The molecule has 2 unspecified atom stereocenters. The summed E-state index contributed by atoms with van der Waals surface area (Å²) in [5.74, 6) is 0.160. The van der Waals surface area contributed by atoms with E-state index in [2.05, 4.69) is 49.1 Å². The Balaban J connectivity index is 1.32. The molecular weight excluding hydrogens is 370 g/mol. The summed E-state index contributed by atoms with van der Waals surface area (Å²) in [7, 11) is 0. The Bertz CT molecular complexity index is 899. The van der Waals surface area contributed by atoms with Crippen LogP contribution < -0.4 is 11.5 Å². The van der Waals surface area contributed by atoms with E-state index in [1.54, 1.807) is 6.07 Å². The third kappa shape index (κ3) is 4.17. The molecule has 0 saturated carbocycles. The van der Waals surface area contributed by atoms with Crippen molar-refractivity contribution in [1.29, 1.82) is 0 Å². The van der Waals surface area contributed by atoms with Crippen molar-refractivity contribution >= 4 is 5.91 Å². The van der Waals surface area contributed by atoms with E-state index in [1.807, 2.05) is 12.1 Å². The molecule has 160 valence electrons. The zero-order chi connectivity index (χ0) is 21.4. The van der Waals surface area contributed by atoms with Gasteiger partial charge in [-0.3, -0.25) is 4.79 Å². The van der Waals surface area contributed by atoms with Crippen molar-refractivity contribution in [3.8, 4) is 0 Å². The second kappa shape index (κ2) is 8.16. The standard InChI is InChI=1S/C26H35N3O/c1-19-18-29(13-6-11-26(28)16-21-7-3-4-8-22(21)17-26)14-12-25(19,2)23-10-5-9-20(15-23)24(27)30/h3-5,7-10,15,19H,6,11-14,16-18,28H2,1-2H3,(H2,27,30). The lowest BCUT2D eigenvalue weighted by Gasteiger charge is -2.45. The van der Waals surface area contributed by atoms with Gasteiger partial charge in [-0.25, -0.2) is 0 Å². The Hall–Kier alpha value is -2.17. The van der Waals surface area contributed by atoms with Crippen LogP contribution in [0.25, 0.3) is 0 Å². The van der Waals surface area contributed by atoms with Crippen molar-refractivity contribution in [2.24, 2.45) is 17.4 Å². The van der Waals surface area contributed by atoms with Crippen LogP contribution in [0.1, 0.15) is 60.2 Å². The molecule has 1 aliphatic heterocycles. The van der Waals surface area contributed by atoms with Gasteiger partial charge in [-0.1, -0.05) is 50.2 Å². The second-order valence-electron chi connectivity index (χ2n) is 9.90. The van der Waals surface area contributed by atoms with Crippen molar-refractivity contribution in [3.05, 3.63) is 70.8 Å². The van der Waals surface area contributed by atoms with Crippen LogP contribution in [0.2, 0.25) is 0 Å². The average Bonchev–Trinajstić information content (AvgIpc) is 3.07. The molecule has 0 aromatic heterocycles. The Labute approximate surface area is 180 Å². The SMILES string of the molecule is CC1CN(CCCC2(N)Cc3ccccc3C2)CCC1(C)c1cccc(C(N)=O)c1. The minimum absolute atomic E-state index is 0.0736. The first-order chi connectivity index (χ1) is 14.3. The van der Waals surface area contributed by atoms with Crippen LogP contribution in [0, 0.1) is 5.92 Å². The number of piperidine rings is 1. The van der Waals surface area contributed by atoms with Crippen LogP contribution >= 0.6 is 0 Å². The van der Waals surface area contributed by atoms with Gasteiger partial charge in [-0.2, -0.15) is 0 Å². The Kier molecular flexibility index (Phi) is 5.73. The van der Waals surface area contributed by atoms with Gasteiger partial charge in [0.2, 0.25) is 5.91 Å². The van der Waals surface area contributed by atoms with Crippen molar-refractivity contribution < 1.29 is 4.79 Å². The van der Waals surface area contributed by atoms with Gasteiger partial charge in [0.15, 0.2) is 0 Å². The summed E-state index contributed by atoms with van der Waals surface area (Å²) in [5, 5.41) is 0. The highest BCUT2D eigenvalue weighted by Crippen LogP contribution is 2.40. The van der Waals surface area contributed by atoms with Crippen LogP contribution in [0.4, 0.5) is 0 Å². The fourth-order valence-corrected chi connectivity index (χ4v) is 5.53. The van der Waals surface area contributed by atoms with E-state index < -0.39 is 0 Å². The van der Waals surface area contributed by atoms with E-state index in [-0.39, 0.29) is 16.9 Å². The molecular formula is C26H35N3O. The summed E-state index contributed by atoms with van der Waals surface area (Å²) < 4.78 is 0. The molecule has 4 heteroatoms. The molecule has 1 aliphatic carbocycles. The van der Waals surface area contributed by atoms with E-state index >= 15 is 0 Å². The monoisotopic (exact) mass is 405 g/mol. The molecule has 0 spiro atoms. The molecule has 1 fully saturated rings. The lowest BCUT2D eigenvalue weighted by atomic mass is 9.68. The fourth-order valence-electron chi connectivity index (χ4n) is 5.53. The van der Waals surface area contributed by atoms with Gasteiger partial charge in [0.05, 0.1) is 0 Å². The molecule has 4 nitrogen and oxygen atoms in total. The number of fused-ring (bicyclic) bond motifs is 1. The number of amides is 1. The van der Waals surface area contributed by atoms with Crippen molar-refractivity contribution in [2.75, 3.05) is 19.6 Å². The number of hydrogen-bond acceptors (Lipinski definition) is 3. The van der Waals surface area contributed by atoms with Crippen LogP contribution in [0.5, 0.6) is 0 Å². The molecule has 2 aromatic carbocycles. The van der Waals surface area contributed by atoms with Gasteiger partial charge in [0.1, 0.15) is 0 Å². The predicted molar refractivity (Wildman–Crippen MR) is 123 cm³/mol. The number of carbonyl (C=O) groups is 1. The number of carbonyl (C=O) groups excluding carboxylic acids is 1. The first kappa shape index (κ1) is 21.1. The lowest BCUT2D eigenvalue weighted by Crippen LogP contribution is -2.48. The maximum atomic E-state index is 11.6. The average molecular weight is 406 g/mol. The van der Waals surface area contributed by atoms with E-state index in [9.17, 15) is 4.79 Å². The highest BCUT2D eigenvalue weighted by Gasteiger charge is 2.38. The summed E-state index contributed by atoms with van der Waals surface area (Å²) in [4.78, 5) is 14.2. The number of hydrogen-bond donors (Lipinski definition) is 2. The maximum Gasteiger partial charge on any atom is 0.248 e. The molecule has 1 saturated heterocycles. The number of rotatable bonds is 6. The lowest BCUT2D eigenvalue weighted by molar-refractivity contribution is 0.0997. The molecule has 1 heterocycles. The summed E-state index contributed by atoms with van der Waals surface area (Å²) in [6.45, 7) is 7.94. The fraction of sp³-hybridized carbons (Fsp3) is 0.500. The number of primary amides is 1. The third-order valence-electron chi connectivity index (χ3n) is 7.73. The molecule has 2 atom stereocenters. The van der Waals surface area contributed by atoms with Crippen LogP contribution in [0.3, 0.4) is 0 Å². The minimum atomic E-state index is -0.352. The number of nitrogens with two attached hydrogens (primary N) is 2. The first-order valence-corrected chi connectivity index (χ1v) is 11.3. The largest absolute Gasteiger partial charge is 0.366 e. The van der Waals surface area contributed by atoms with Gasteiger partial charge >= 0.3 is 0 Å². The Morgan fingerprint density at radius 3 is 2.47 bits per heavy atom. The quantitative estimate of drug-likeness (QED) is 0.770. The molecule has 30 heavy (non-hydrogen) atoms. The van der Waals surface area contributed by atoms with Gasteiger partial charge in [0.25, 0.3) is 0 Å². The van der Waals surface area contributed by atoms with Gasteiger partial charge in [-0.15, -0.1) is 0 Å². The van der Waals surface area contributed by atoms with E-state index in [1.165, 1.54) is 16.7 Å². The highest BCUT2D eigenvalue weighted by atomic mass is 16.1. The van der Waals surface area contributed by atoms with Gasteiger partial charge < -0.3 is 16.4 Å². The summed E-state index contributed by atoms with van der Waals surface area (Å²) in [6.07, 6.45) is 5.33. The first-order valence-electron chi connectivity index (χ1n) is 11.3. The molecule has 0 radical (unpaired) electrons. The summed E-state index contributed by atoms with van der Waals surface area (Å²) >= 11 is 0. The van der Waals surface area contributed by atoms with Crippen LogP contribution in [0.15, 0.2) is 48.5 Å². The van der Waals surface area contributed by atoms with E-state index in [0.717, 1.165) is 51.7 Å². The van der Waals surface area contributed by atoms with Crippen molar-refractivity contribution in [3.63, 3.8) is 0 Å². The number of benzene rings is 2. The minimum Gasteiger partial charge on any atom is -0.366 e. The highest BCUT2D eigenvalue weighted by molar-refractivity contribution is 5.92. The third-order valence-corrected chi connectivity index (χ3v) is 7.73. The van der Waals surface area contributed by atoms with Crippen LogP contribution in [-0.2, 0) is 18.3 Å². The van der Waals surface area contributed by atoms with E-state index in [4.69, 9.17) is 11.5 Å². The van der Waals surface area contributed by atoms with Gasteiger partial charge in [-0.05, 0) is 85.3 Å². The maximum absolute atomic E-state index is 11.6. The number of likely N-dealkylation sites (tertiary alicyclic amines) is 1. The Morgan fingerprint density at radius 1 is 1.13 bits per heavy atom. The topological polar surface area (TPSA) is 72.3 Å². The van der Waals surface area contributed by atoms with E-state index in [0.29, 0.717) is 11.5 Å². The Morgan fingerprint density at radius 2 is 1.83 bits per heavy atom. The van der Waals surface area contributed by atoms with Crippen molar-refractivity contribution in [1.82, 2.24) is 4.90 Å². The molecule has 2 aliphatic rings. The van der Waals surface area contributed by atoms with Crippen molar-refractivity contribution in [2.45, 2.75) is 56.9 Å². The smallest absolute Gasteiger partial charge is 0.248 e. The molecule has 2 aromatic rings. The molecule has 0 bridgehead atoms. The second-order valence-corrected chi connectivity index (χ2v) is 9.90. The number of nitrogens with zero attached hydrogens (tertiary/aromatic N) is 1. The zero-order valence-corrected chi connectivity index (χ0v) is 18.4. The van der Waals surface area contributed by atoms with Gasteiger partial charge in [0, 0.05) is 17.6 Å². The molecule has 4 N–H and O–H groups in total. The normalized spacial score (nSPS) is 25.8. The molecule has 1 amide bonds. The summed E-state index contributed by atoms with van der Waals surface area (Å²) in [5.41, 5.74) is 17.0. The predicted octanol–water partition coefficient (Wildman–Crippen LogP) is 3.66.